The minimum Gasteiger partial charge on any atom is -0.334 e. The molecule has 0 saturated heterocycles. The van der Waals surface area contributed by atoms with Crippen LogP contribution in [0.15, 0.2) is 22.1 Å². The number of fused-ring (bicyclic) bond motifs is 1. The van der Waals surface area contributed by atoms with Gasteiger partial charge < -0.3 is 4.57 Å². The van der Waals surface area contributed by atoms with Gasteiger partial charge in [0, 0.05) is 19.2 Å². The van der Waals surface area contributed by atoms with E-state index in [9.17, 15) is 0 Å². The van der Waals surface area contributed by atoms with Crippen molar-refractivity contribution in [2.45, 2.75) is 26.3 Å². The molecular formula is C12H13BrN2S. The van der Waals surface area contributed by atoms with Gasteiger partial charge >= 0.3 is 0 Å². The highest BCUT2D eigenvalue weighted by Gasteiger charge is 2.18. The molecule has 0 radical (unpaired) electrons. The average molecular weight is 297 g/mol. The van der Waals surface area contributed by atoms with Gasteiger partial charge in [0.05, 0.1) is 14.4 Å². The number of nitrogens with zero attached hydrogens (tertiary/aromatic N) is 2. The minimum atomic E-state index is 0.782. The first-order valence-corrected chi connectivity index (χ1v) is 7.15. The Morgan fingerprint density at radius 2 is 2.38 bits per heavy atom. The van der Waals surface area contributed by atoms with Crippen molar-refractivity contribution in [3.05, 3.63) is 27.9 Å². The van der Waals surface area contributed by atoms with E-state index in [-0.39, 0.29) is 0 Å². The van der Waals surface area contributed by atoms with Gasteiger partial charge in [-0.1, -0.05) is 6.92 Å². The van der Waals surface area contributed by atoms with E-state index in [1.54, 1.807) is 11.3 Å². The predicted molar refractivity (Wildman–Crippen MR) is 70.7 cm³/mol. The first-order valence-electron chi connectivity index (χ1n) is 5.54. The second kappa shape index (κ2) is 4.00. The molecule has 0 fully saturated rings. The number of aryl methyl sites for hydroxylation is 1. The van der Waals surface area contributed by atoms with E-state index in [2.05, 4.69) is 45.8 Å². The van der Waals surface area contributed by atoms with Crippen LogP contribution in [0.2, 0.25) is 0 Å². The molecule has 1 aliphatic rings. The topological polar surface area (TPSA) is 17.8 Å². The molecule has 0 spiro atoms. The monoisotopic (exact) mass is 296 g/mol. The van der Waals surface area contributed by atoms with E-state index in [1.807, 2.05) is 0 Å². The van der Waals surface area contributed by atoms with Gasteiger partial charge in [-0.05, 0) is 40.4 Å². The fourth-order valence-corrected chi connectivity index (χ4v) is 3.53. The standard InChI is InChI=1S/C12H13BrN2S/c1-8-2-5-12-14-9(7-15(12)6-8)10-3-4-11(13)16-10/h3-4,7-8H,2,5-6H2,1H3/t8-/m1/s1. The molecule has 0 aromatic carbocycles. The second-order valence-corrected chi connectivity index (χ2v) is 6.91. The Kier molecular flexibility index (Phi) is 2.64. The highest BCUT2D eigenvalue weighted by atomic mass is 79.9. The summed E-state index contributed by atoms with van der Waals surface area (Å²) in [5, 5.41) is 0. The molecule has 4 heteroatoms. The molecule has 0 aliphatic carbocycles. The van der Waals surface area contributed by atoms with Crippen LogP contribution in [0.3, 0.4) is 0 Å². The molecule has 0 amide bonds. The molecule has 84 valence electrons. The van der Waals surface area contributed by atoms with Crippen LogP contribution in [0, 0.1) is 5.92 Å². The number of imidazole rings is 1. The molecule has 1 atom stereocenters. The Balaban J connectivity index is 1.98. The van der Waals surface area contributed by atoms with Gasteiger partial charge in [0.15, 0.2) is 0 Å². The van der Waals surface area contributed by atoms with E-state index < -0.39 is 0 Å². The Hall–Kier alpha value is -0.610. The molecule has 16 heavy (non-hydrogen) atoms. The fraction of sp³-hybridized carbons (Fsp3) is 0.417. The van der Waals surface area contributed by atoms with Gasteiger partial charge in [0.1, 0.15) is 5.82 Å². The molecule has 2 aromatic rings. The normalized spacial score (nSPS) is 19.8. The smallest absolute Gasteiger partial charge is 0.109 e. The molecule has 0 bridgehead atoms. The Morgan fingerprint density at radius 3 is 3.12 bits per heavy atom. The van der Waals surface area contributed by atoms with E-state index in [0.717, 1.165) is 24.6 Å². The van der Waals surface area contributed by atoms with Crippen LogP contribution in [0.5, 0.6) is 0 Å². The third kappa shape index (κ3) is 1.84. The largest absolute Gasteiger partial charge is 0.334 e. The maximum atomic E-state index is 4.72. The van der Waals surface area contributed by atoms with Crippen molar-refractivity contribution in [3.8, 4) is 10.6 Å². The Morgan fingerprint density at radius 1 is 1.50 bits per heavy atom. The summed E-state index contributed by atoms with van der Waals surface area (Å²) in [7, 11) is 0. The van der Waals surface area contributed by atoms with Crippen molar-refractivity contribution in [3.63, 3.8) is 0 Å². The van der Waals surface area contributed by atoms with Gasteiger partial charge in [-0.3, -0.25) is 0 Å². The van der Waals surface area contributed by atoms with Gasteiger partial charge in [0.2, 0.25) is 0 Å². The summed E-state index contributed by atoms with van der Waals surface area (Å²) < 4.78 is 3.48. The molecule has 1 aliphatic heterocycles. The molecule has 2 nitrogen and oxygen atoms in total. The summed E-state index contributed by atoms with van der Waals surface area (Å²) in [4.78, 5) is 5.97. The second-order valence-electron chi connectivity index (χ2n) is 4.44. The van der Waals surface area contributed by atoms with Crippen LogP contribution in [0.4, 0.5) is 0 Å². The first kappa shape index (κ1) is 10.5. The maximum Gasteiger partial charge on any atom is 0.109 e. The summed E-state index contributed by atoms with van der Waals surface area (Å²) >= 11 is 5.24. The number of halogens is 1. The van der Waals surface area contributed by atoms with Crippen LogP contribution in [0.25, 0.3) is 10.6 Å². The molecular weight excluding hydrogens is 284 g/mol. The molecule has 0 saturated carbocycles. The minimum absolute atomic E-state index is 0.782. The van der Waals surface area contributed by atoms with E-state index in [1.165, 1.54) is 20.9 Å². The first-order chi connectivity index (χ1) is 7.72. The lowest BCUT2D eigenvalue weighted by molar-refractivity contribution is 0.394. The van der Waals surface area contributed by atoms with E-state index >= 15 is 0 Å². The SMILES string of the molecule is C[C@@H]1CCc2nc(-c3ccc(Br)s3)cn2C1. The zero-order valence-electron chi connectivity index (χ0n) is 9.11. The average Bonchev–Trinajstić information content (AvgIpc) is 2.83. The van der Waals surface area contributed by atoms with Crippen LogP contribution >= 0.6 is 27.3 Å². The van der Waals surface area contributed by atoms with Crippen LogP contribution in [0.1, 0.15) is 19.2 Å². The number of thiophene rings is 1. The molecule has 3 heterocycles. The van der Waals surface area contributed by atoms with Gasteiger partial charge in [-0.2, -0.15) is 0 Å². The van der Waals surface area contributed by atoms with E-state index in [4.69, 9.17) is 4.98 Å². The maximum absolute atomic E-state index is 4.72. The lowest BCUT2D eigenvalue weighted by Crippen LogP contribution is -2.17. The van der Waals surface area contributed by atoms with E-state index in [0.29, 0.717) is 0 Å². The molecule has 2 aromatic heterocycles. The van der Waals surface area contributed by atoms with Gasteiger partial charge in [-0.15, -0.1) is 11.3 Å². The number of rotatable bonds is 1. The third-order valence-electron chi connectivity index (χ3n) is 3.05. The highest BCUT2D eigenvalue weighted by molar-refractivity contribution is 9.11. The summed E-state index contributed by atoms with van der Waals surface area (Å²) in [6.45, 7) is 3.43. The van der Waals surface area contributed by atoms with Crippen molar-refractivity contribution in [2.24, 2.45) is 5.92 Å². The fourth-order valence-electron chi connectivity index (χ4n) is 2.19. The summed E-state index contributed by atoms with van der Waals surface area (Å²) in [5.74, 6) is 2.03. The quantitative estimate of drug-likeness (QED) is 0.779. The van der Waals surface area contributed by atoms with Crippen molar-refractivity contribution in [1.82, 2.24) is 9.55 Å². The zero-order chi connectivity index (χ0) is 11.1. The summed E-state index contributed by atoms with van der Waals surface area (Å²) in [6.07, 6.45) is 4.58. The molecule has 0 N–H and O–H groups in total. The molecule has 3 rings (SSSR count). The number of hydrogen-bond donors (Lipinski definition) is 0. The zero-order valence-corrected chi connectivity index (χ0v) is 11.5. The third-order valence-corrected chi connectivity index (χ3v) is 4.70. The van der Waals surface area contributed by atoms with Crippen LogP contribution < -0.4 is 0 Å². The molecule has 0 unspecified atom stereocenters. The van der Waals surface area contributed by atoms with Crippen molar-refractivity contribution >= 4 is 27.3 Å². The number of aromatic nitrogens is 2. The van der Waals surface area contributed by atoms with Gasteiger partial charge in [-0.25, -0.2) is 4.98 Å². The van der Waals surface area contributed by atoms with Crippen molar-refractivity contribution in [2.75, 3.05) is 0 Å². The Bertz CT molecular complexity index is 515. The van der Waals surface area contributed by atoms with Crippen LogP contribution in [-0.2, 0) is 13.0 Å². The Labute approximate surface area is 107 Å². The predicted octanol–water partition coefficient (Wildman–Crippen LogP) is 3.96. The van der Waals surface area contributed by atoms with Crippen molar-refractivity contribution in [1.29, 1.82) is 0 Å². The highest BCUT2D eigenvalue weighted by Crippen LogP contribution is 2.32. The lowest BCUT2D eigenvalue weighted by atomic mass is 10.0. The van der Waals surface area contributed by atoms with Crippen LogP contribution in [-0.4, -0.2) is 9.55 Å². The van der Waals surface area contributed by atoms with Crippen molar-refractivity contribution < 1.29 is 0 Å². The summed E-state index contributed by atoms with van der Waals surface area (Å²) in [6, 6.07) is 4.22. The number of hydrogen-bond acceptors (Lipinski definition) is 2. The lowest BCUT2D eigenvalue weighted by Gasteiger charge is -2.19. The van der Waals surface area contributed by atoms with Gasteiger partial charge in [0.25, 0.3) is 0 Å². The summed E-state index contributed by atoms with van der Waals surface area (Å²) in [5.41, 5.74) is 1.12.